The van der Waals surface area contributed by atoms with Crippen LogP contribution in [0.15, 0.2) is 55.1 Å². The molecule has 0 unspecified atom stereocenters. The predicted molar refractivity (Wildman–Crippen MR) is 68.1 cm³/mol. The van der Waals surface area contributed by atoms with E-state index in [4.69, 9.17) is 7.85 Å². The van der Waals surface area contributed by atoms with Crippen LogP contribution in [0.4, 0.5) is 0 Å². The molecule has 0 fully saturated rings. The van der Waals surface area contributed by atoms with Crippen LogP contribution in [0.3, 0.4) is 0 Å². The fraction of sp³-hybridized carbons (Fsp3) is 0. The molecule has 2 heteroatoms. The van der Waals surface area contributed by atoms with E-state index in [2.05, 4.69) is 6.58 Å². The van der Waals surface area contributed by atoms with Crippen molar-refractivity contribution in [1.29, 1.82) is 0 Å². The Morgan fingerprint density at radius 3 is 2.31 bits per heavy atom. The summed E-state index contributed by atoms with van der Waals surface area (Å²) in [6.45, 7) is 4.03. The van der Waals surface area contributed by atoms with Gasteiger partial charge < -0.3 is 5.11 Å². The molecule has 0 spiro atoms. The van der Waals surface area contributed by atoms with Gasteiger partial charge in [0.25, 0.3) is 0 Å². The van der Waals surface area contributed by atoms with Crippen molar-refractivity contribution in [1.82, 2.24) is 0 Å². The van der Waals surface area contributed by atoms with E-state index >= 15 is 0 Å². The van der Waals surface area contributed by atoms with E-state index in [1.807, 2.05) is 36.4 Å². The molecule has 2 rings (SSSR count). The molecule has 1 nitrogen and oxygen atoms in total. The van der Waals surface area contributed by atoms with E-state index in [1.54, 1.807) is 12.1 Å². The number of phenols is 1. The topological polar surface area (TPSA) is 20.2 Å². The van der Waals surface area contributed by atoms with Crippen molar-refractivity contribution < 1.29 is 5.11 Å². The molecule has 0 aromatic heterocycles. The Morgan fingerprint density at radius 1 is 1.00 bits per heavy atom. The van der Waals surface area contributed by atoms with Crippen LogP contribution in [0.5, 0.6) is 5.75 Å². The Labute approximate surface area is 96.5 Å². The molecule has 16 heavy (non-hydrogen) atoms. The maximum absolute atomic E-state index is 9.20. The number of hydrogen-bond donors (Lipinski definition) is 1. The van der Waals surface area contributed by atoms with Crippen molar-refractivity contribution in [3.05, 3.63) is 66.2 Å². The molecule has 0 aliphatic carbocycles. The van der Waals surface area contributed by atoms with E-state index in [0.717, 1.165) is 22.2 Å². The van der Waals surface area contributed by atoms with Gasteiger partial charge in [-0.05, 0) is 28.8 Å². The van der Waals surface area contributed by atoms with Gasteiger partial charge in [0.2, 0.25) is 0 Å². The molecular weight excluding hydrogens is 195 g/mol. The first kappa shape index (κ1) is 10.6. The normalized spacial score (nSPS) is 10.0. The maximum atomic E-state index is 9.20. The highest BCUT2D eigenvalue weighted by Gasteiger charge is 2.02. The van der Waals surface area contributed by atoms with Gasteiger partial charge >= 0.3 is 0 Å². The zero-order chi connectivity index (χ0) is 11.5. The molecule has 76 valence electrons. The smallest absolute Gasteiger partial charge is 0.115 e. The first-order valence-corrected chi connectivity index (χ1v) is 5.01. The zero-order valence-corrected chi connectivity index (χ0v) is 8.85. The number of benzene rings is 2. The van der Waals surface area contributed by atoms with Crippen LogP contribution < -0.4 is 5.46 Å². The second kappa shape index (κ2) is 4.27. The van der Waals surface area contributed by atoms with Crippen LogP contribution in [-0.2, 0) is 0 Å². The predicted octanol–water partition coefficient (Wildman–Crippen LogP) is 2.25. The van der Waals surface area contributed by atoms with Gasteiger partial charge in [0.1, 0.15) is 13.6 Å². The fourth-order valence-electron chi connectivity index (χ4n) is 1.56. The summed E-state index contributed by atoms with van der Waals surface area (Å²) >= 11 is 0. The van der Waals surface area contributed by atoms with Gasteiger partial charge in [-0.1, -0.05) is 48.4 Å². The van der Waals surface area contributed by atoms with Crippen LogP contribution in [0, 0.1) is 0 Å². The van der Waals surface area contributed by atoms with Gasteiger partial charge in [0, 0.05) is 0 Å². The summed E-state index contributed by atoms with van der Waals surface area (Å²) in [7, 11) is 5.72. The molecule has 0 amide bonds. The summed E-state index contributed by atoms with van der Waals surface area (Å²) in [6.07, 6.45) is 0. The van der Waals surface area contributed by atoms with Crippen molar-refractivity contribution in [3.8, 4) is 5.75 Å². The number of aromatic hydroxyl groups is 1. The largest absolute Gasteiger partial charge is 0.508 e. The third kappa shape index (κ3) is 2.17. The molecule has 2 radical (unpaired) electrons. The Hall–Kier alpha value is -1.96. The van der Waals surface area contributed by atoms with Gasteiger partial charge in [0.15, 0.2) is 0 Å². The van der Waals surface area contributed by atoms with Gasteiger partial charge in [0.05, 0.1) is 0 Å². The standard InChI is InChI=1S/C14H11BO/c1-10(11-5-7-14(16)8-6-11)12-3-2-4-13(15)9-12/h2-9,16H,1H2. The Kier molecular flexibility index (Phi) is 2.82. The van der Waals surface area contributed by atoms with Crippen molar-refractivity contribution in [2.24, 2.45) is 0 Å². The van der Waals surface area contributed by atoms with Crippen molar-refractivity contribution in [3.63, 3.8) is 0 Å². The van der Waals surface area contributed by atoms with E-state index in [9.17, 15) is 5.11 Å². The van der Waals surface area contributed by atoms with Gasteiger partial charge in [-0.2, -0.15) is 0 Å². The van der Waals surface area contributed by atoms with E-state index < -0.39 is 0 Å². The molecule has 0 aliphatic rings. The van der Waals surface area contributed by atoms with Crippen LogP contribution in [0.25, 0.3) is 5.57 Å². The van der Waals surface area contributed by atoms with E-state index in [1.165, 1.54) is 0 Å². The second-order valence-electron chi connectivity index (χ2n) is 3.65. The SMILES string of the molecule is [B]c1cccc(C(=C)c2ccc(O)cc2)c1. The summed E-state index contributed by atoms with van der Waals surface area (Å²) in [5, 5.41) is 9.20. The lowest BCUT2D eigenvalue weighted by Gasteiger charge is -2.07. The minimum absolute atomic E-state index is 0.254. The average Bonchev–Trinajstić information content (AvgIpc) is 2.29. The molecule has 0 saturated heterocycles. The van der Waals surface area contributed by atoms with Gasteiger partial charge in [-0.15, -0.1) is 0 Å². The molecule has 1 N–H and O–H groups in total. The highest BCUT2D eigenvalue weighted by Crippen LogP contribution is 2.22. The molecule has 0 aliphatic heterocycles. The van der Waals surface area contributed by atoms with Crippen LogP contribution in [-0.4, -0.2) is 13.0 Å². The van der Waals surface area contributed by atoms with Crippen molar-refractivity contribution >= 4 is 18.9 Å². The minimum atomic E-state index is 0.254. The third-order valence-corrected chi connectivity index (χ3v) is 2.45. The second-order valence-corrected chi connectivity index (χ2v) is 3.65. The number of phenolic OH excluding ortho intramolecular Hbond substituents is 1. The van der Waals surface area contributed by atoms with Crippen LogP contribution in [0.1, 0.15) is 11.1 Å². The number of rotatable bonds is 2. The minimum Gasteiger partial charge on any atom is -0.508 e. The lowest BCUT2D eigenvalue weighted by molar-refractivity contribution is 0.475. The first-order chi connectivity index (χ1) is 7.66. The average molecular weight is 206 g/mol. The molecule has 0 heterocycles. The quantitative estimate of drug-likeness (QED) is 0.747. The Bertz CT molecular complexity index is 515. The fourth-order valence-corrected chi connectivity index (χ4v) is 1.56. The van der Waals surface area contributed by atoms with E-state index in [0.29, 0.717) is 0 Å². The molecular formula is C14H11BO. The lowest BCUT2D eigenvalue weighted by atomic mass is 9.91. The Morgan fingerprint density at radius 2 is 1.69 bits per heavy atom. The molecule has 2 aromatic carbocycles. The van der Waals surface area contributed by atoms with Gasteiger partial charge in [-0.25, -0.2) is 0 Å². The lowest BCUT2D eigenvalue weighted by Crippen LogP contribution is -2.01. The highest BCUT2D eigenvalue weighted by atomic mass is 16.3. The molecule has 0 bridgehead atoms. The molecule has 2 aromatic rings. The summed E-state index contributed by atoms with van der Waals surface area (Å²) in [4.78, 5) is 0. The molecule has 0 atom stereocenters. The third-order valence-electron chi connectivity index (χ3n) is 2.45. The van der Waals surface area contributed by atoms with Crippen LogP contribution >= 0.6 is 0 Å². The summed E-state index contributed by atoms with van der Waals surface area (Å²) in [5.41, 5.74) is 3.58. The summed E-state index contributed by atoms with van der Waals surface area (Å²) in [5.74, 6) is 0.254. The number of hydrogen-bond acceptors (Lipinski definition) is 1. The Balaban J connectivity index is 2.35. The monoisotopic (exact) mass is 206 g/mol. The zero-order valence-electron chi connectivity index (χ0n) is 8.85. The van der Waals surface area contributed by atoms with Crippen molar-refractivity contribution in [2.75, 3.05) is 0 Å². The van der Waals surface area contributed by atoms with Gasteiger partial charge in [-0.3, -0.25) is 0 Å². The highest BCUT2D eigenvalue weighted by molar-refractivity contribution is 6.32. The summed E-state index contributed by atoms with van der Waals surface area (Å²) < 4.78 is 0. The van der Waals surface area contributed by atoms with E-state index in [-0.39, 0.29) is 5.75 Å². The van der Waals surface area contributed by atoms with Crippen LogP contribution in [0.2, 0.25) is 0 Å². The maximum Gasteiger partial charge on any atom is 0.115 e. The molecule has 0 saturated carbocycles. The summed E-state index contributed by atoms with van der Waals surface area (Å²) in [6, 6.07) is 14.5. The first-order valence-electron chi connectivity index (χ1n) is 5.01. The van der Waals surface area contributed by atoms with Crippen molar-refractivity contribution in [2.45, 2.75) is 0 Å².